The highest BCUT2D eigenvalue weighted by molar-refractivity contribution is 5.99. The van der Waals surface area contributed by atoms with E-state index in [1.54, 1.807) is 11.0 Å². The van der Waals surface area contributed by atoms with Crippen LogP contribution in [0.15, 0.2) is 24.3 Å². The number of benzene rings is 1. The van der Waals surface area contributed by atoms with Crippen molar-refractivity contribution in [2.24, 2.45) is 0 Å². The molecular weight excluding hydrogens is 228 g/mol. The second-order valence-corrected chi connectivity index (χ2v) is 5.03. The molecule has 1 fully saturated rings. The van der Waals surface area contributed by atoms with E-state index in [4.69, 9.17) is 0 Å². The van der Waals surface area contributed by atoms with Crippen LogP contribution in [0, 0.1) is 0 Å². The van der Waals surface area contributed by atoms with E-state index in [9.17, 15) is 9.90 Å². The van der Waals surface area contributed by atoms with Crippen LogP contribution in [-0.4, -0.2) is 35.0 Å². The molecule has 2 atom stereocenters. The number of hydrogen-bond acceptors (Lipinski definition) is 3. The van der Waals surface area contributed by atoms with Gasteiger partial charge in [0.2, 0.25) is 0 Å². The molecule has 0 aromatic heterocycles. The fraction of sp³-hybridized carbons (Fsp3) is 0.500. The first kappa shape index (κ1) is 11.7. The van der Waals surface area contributed by atoms with Gasteiger partial charge < -0.3 is 15.3 Å². The normalized spacial score (nSPS) is 28.1. The minimum absolute atomic E-state index is 0.0354. The monoisotopic (exact) mass is 246 g/mol. The molecule has 0 spiro atoms. The number of hydrogen-bond donors (Lipinski definition) is 2. The van der Waals surface area contributed by atoms with Crippen molar-refractivity contribution in [2.45, 2.75) is 31.5 Å². The minimum Gasteiger partial charge on any atom is -0.369 e. The second kappa shape index (κ2) is 4.71. The molecule has 1 aromatic carbocycles. The summed E-state index contributed by atoms with van der Waals surface area (Å²) in [4.78, 5) is 14.0. The van der Waals surface area contributed by atoms with E-state index in [1.807, 2.05) is 18.2 Å². The molecule has 2 aliphatic rings. The van der Waals surface area contributed by atoms with E-state index >= 15 is 0 Å². The number of nitrogens with zero attached hydrogens (tertiary/aromatic N) is 1. The van der Waals surface area contributed by atoms with E-state index in [2.05, 4.69) is 5.32 Å². The summed E-state index contributed by atoms with van der Waals surface area (Å²) in [5, 5.41) is 13.7. The van der Waals surface area contributed by atoms with E-state index in [-0.39, 0.29) is 11.9 Å². The topological polar surface area (TPSA) is 52.6 Å². The summed E-state index contributed by atoms with van der Waals surface area (Å²) in [6, 6.07) is 7.44. The molecule has 4 heteroatoms. The van der Waals surface area contributed by atoms with Crippen LogP contribution in [0.3, 0.4) is 0 Å². The largest absolute Gasteiger partial charge is 0.369 e. The maximum atomic E-state index is 12.4. The summed E-state index contributed by atoms with van der Waals surface area (Å²) >= 11 is 0. The Morgan fingerprint density at radius 1 is 1.28 bits per heavy atom. The Kier molecular flexibility index (Phi) is 3.06. The predicted octanol–water partition coefficient (Wildman–Crippen LogP) is 1.28. The van der Waals surface area contributed by atoms with Gasteiger partial charge in [-0.2, -0.15) is 0 Å². The molecule has 1 saturated heterocycles. The average Bonchev–Trinajstić information content (AvgIpc) is 2.61. The Morgan fingerprint density at radius 2 is 2.11 bits per heavy atom. The zero-order valence-corrected chi connectivity index (χ0v) is 10.3. The number of rotatable bonds is 1. The quantitative estimate of drug-likeness (QED) is 0.784. The highest BCUT2D eigenvalue weighted by Crippen LogP contribution is 2.34. The van der Waals surface area contributed by atoms with Crippen LogP contribution in [-0.2, 0) is 0 Å². The smallest absolute Gasteiger partial charge is 0.256 e. The molecule has 3 rings (SSSR count). The van der Waals surface area contributed by atoms with Crippen LogP contribution >= 0.6 is 0 Å². The lowest BCUT2D eigenvalue weighted by molar-refractivity contribution is -0.00392. The van der Waals surface area contributed by atoms with Gasteiger partial charge in [0.05, 0.1) is 0 Å². The summed E-state index contributed by atoms with van der Waals surface area (Å²) < 4.78 is 0. The molecule has 0 saturated carbocycles. The molecule has 96 valence electrons. The SMILES string of the molecule is O=C1c2ccccc2C(O)N1C1CCCCNC1. The number of carbonyl (C=O) groups excluding carboxylic acids is 1. The number of aliphatic hydroxyl groups is 1. The Hall–Kier alpha value is -1.39. The van der Waals surface area contributed by atoms with Crippen LogP contribution in [0.25, 0.3) is 0 Å². The molecule has 1 amide bonds. The molecule has 1 aromatic rings. The maximum Gasteiger partial charge on any atom is 0.256 e. The average molecular weight is 246 g/mol. The third-order valence-corrected chi connectivity index (χ3v) is 3.88. The highest BCUT2D eigenvalue weighted by atomic mass is 16.3. The zero-order chi connectivity index (χ0) is 12.5. The predicted molar refractivity (Wildman–Crippen MR) is 68.1 cm³/mol. The first-order valence-corrected chi connectivity index (χ1v) is 6.59. The van der Waals surface area contributed by atoms with Crippen LogP contribution in [0.5, 0.6) is 0 Å². The van der Waals surface area contributed by atoms with Gasteiger partial charge in [0.25, 0.3) is 5.91 Å². The van der Waals surface area contributed by atoms with Crippen molar-refractivity contribution < 1.29 is 9.90 Å². The van der Waals surface area contributed by atoms with E-state index < -0.39 is 6.23 Å². The van der Waals surface area contributed by atoms with Crippen molar-refractivity contribution in [2.75, 3.05) is 13.1 Å². The van der Waals surface area contributed by atoms with Gasteiger partial charge >= 0.3 is 0 Å². The Morgan fingerprint density at radius 3 is 2.94 bits per heavy atom. The number of amides is 1. The van der Waals surface area contributed by atoms with Gasteiger partial charge in [0.15, 0.2) is 6.23 Å². The minimum atomic E-state index is -0.779. The molecule has 18 heavy (non-hydrogen) atoms. The van der Waals surface area contributed by atoms with Crippen molar-refractivity contribution >= 4 is 5.91 Å². The lowest BCUT2D eigenvalue weighted by atomic mass is 10.1. The van der Waals surface area contributed by atoms with Gasteiger partial charge in [0.1, 0.15) is 0 Å². The number of fused-ring (bicyclic) bond motifs is 1. The highest BCUT2D eigenvalue weighted by Gasteiger charge is 2.39. The lowest BCUT2D eigenvalue weighted by Gasteiger charge is -2.30. The van der Waals surface area contributed by atoms with E-state index in [1.165, 1.54) is 0 Å². The summed E-state index contributed by atoms with van der Waals surface area (Å²) in [7, 11) is 0. The summed E-state index contributed by atoms with van der Waals surface area (Å²) in [5.41, 5.74) is 1.39. The summed E-state index contributed by atoms with van der Waals surface area (Å²) in [6.45, 7) is 1.78. The second-order valence-electron chi connectivity index (χ2n) is 5.03. The Bertz CT molecular complexity index is 453. The van der Waals surface area contributed by atoms with Crippen molar-refractivity contribution in [1.29, 1.82) is 0 Å². The fourth-order valence-corrected chi connectivity index (χ4v) is 2.92. The lowest BCUT2D eigenvalue weighted by Crippen LogP contribution is -2.43. The van der Waals surface area contributed by atoms with Gasteiger partial charge in [0, 0.05) is 23.7 Å². The molecular formula is C14H18N2O2. The summed E-state index contributed by atoms with van der Waals surface area (Å²) in [5.74, 6) is -0.0354. The molecule has 2 aliphatic heterocycles. The maximum absolute atomic E-state index is 12.4. The van der Waals surface area contributed by atoms with Crippen LogP contribution in [0.1, 0.15) is 41.4 Å². The molecule has 4 nitrogen and oxygen atoms in total. The number of aliphatic hydroxyl groups excluding tert-OH is 1. The first-order valence-electron chi connectivity index (χ1n) is 6.59. The van der Waals surface area contributed by atoms with Gasteiger partial charge in [-0.3, -0.25) is 4.79 Å². The van der Waals surface area contributed by atoms with Crippen molar-refractivity contribution in [3.05, 3.63) is 35.4 Å². The van der Waals surface area contributed by atoms with Crippen LogP contribution in [0.4, 0.5) is 0 Å². The van der Waals surface area contributed by atoms with Gasteiger partial charge in [-0.05, 0) is 25.5 Å². The van der Waals surface area contributed by atoms with Gasteiger partial charge in [-0.1, -0.05) is 24.6 Å². The Balaban J connectivity index is 1.88. The Labute approximate surface area is 107 Å². The van der Waals surface area contributed by atoms with Crippen LogP contribution in [0.2, 0.25) is 0 Å². The molecule has 0 radical (unpaired) electrons. The third-order valence-electron chi connectivity index (χ3n) is 3.88. The number of carbonyl (C=O) groups is 1. The molecule has 2 heterocycles. The van der Waals surface area contributed by atoms with Crippen molar-refractivity contribution in [3.63, 3.8) is 0 Å². The first-order chi connectivity index (χ1) is 8.79. The molecule has 2 unspecified atom stereocenters. The van der Waals surface area contributed by atoms with E-state index in [0.717, 1.165) is 37.9 Å². The zero-order valence-electron chi connectivity index (χ0n) is 10.3. The van der Waals surface area contributed by atoms with Gasteiger partial charge in [-0.25, -0.2) is 0 Å². The third kappa shape index (κ3) is 1.82. The molecule has 0 aliphatic carbocycles. The fourth-order valence-electron chi connectivity index (χ4n) is 2.92. The molecule has 0 bridgehead atoms. The van der Waals surface area contributed by atoms with Gasteiger partial charge in [-0.15, -0.1) is 0 Å². The van der Waals surface area contributed by atoms with Crippen LogP contribution < -0.4 is 5.32 Å². The standard InChI is InChI=1S/C14H18N2O2/c17-13-11-6-1-2-7-12(11)14(18)16(13)10-5-3-4-8-15-9-10/h1-2,6-7,10,13,15,17H,3-5,8-9H2. The number of nitrogens with one attached hydrogen (secondary N) is 1. The van der Waals surface area contributed by atoms with E-state index in [0.29, 0.717) is 5.56 Å². The van der Waals surface area contributed by atoms with Crippen molar-refractivity contribution in [3.8, 4) is 0 Å². The van der Waals surface area contributed by atoms with Crippen molar-refractivity contribution in [1.82, 2.24) is 10.2 Å². The summed E-state index contributed by atoms with van der Waals surface area (Å²) in [6.07, 6.45) is 2.43. The molecule has 2 N–H and O–H groups in total.